The molecule has 2 aromatic carbocycles. The lowest BCUT2D eigenvalue weighted by molar-refractivity contribution is -0.124. The summed E-state index contributed by atoms with van der Waals surface area (Å²) in [6.45, 7) is 3.30. The summed E-state index contributed by atoms with van der Waals surface area (Å²) in [6.07, 6.45) is 2.65. The highest BCUT2D eigenvalue weighted by Gasteiger charge is 2.46. The molecule has 0 aliphatic carbocycles. The quantitative estimate of drug-likeness (QED) is 0.744. The maximum absolute atomic E-state index is 13.4. The van der Waals surface area contributed by atoms with Crippen molar-refractivity contribution in [1.29, 1.82) is 0 Å². The van der Waals surface area contributed by atoms with Gasteiger partial charge >= 0.3 is 0 Å². The van der Waals surface area contributed by atoms with Crippen molar-refractivity contribution in [1.82, 2.24) is 10.2 Å². The van der Waals surface area contributed by atoms with E-state index in [9.17, 15) is 9.59 Å². The van der Waals surface area contributed by atoms with Gasteiger partial charge in [-0.1, -0.05) is 31.5 Å². The molecular formula is C24H28N2O4. The number of hydrogen-bond acceptors (Lipinski definition) is 4. The van der Waals surface area contributed by atoms with Crippen molar-refractivity contribution in [2.24, 2.45) is 0 Å². The summed E-state index contributed by atoms with van der Waals surface area (Å²) < 4.78 is 11.0. The molecule has 158 valence electrons. The number of nitrogens with one attached hydrogen (secondary N) is 1. The van der Waals surface area contributed by atoms with Crippen molar-refractivity contribution < 1.29 is 19.1 Å². The smallest absolute Gasteiger partial charge is 0.254 e. The number of nitrogens with zero attached hydrogens (tertiary/aromatic N) is 1. The van der Waals surface area contributed by atoms with Crippen molar-refractivity contribution >= 4 is 11.8 Å². The van der Waals surface area contributed by atoms with Crippen molar-refractivity contribution in [2.45, 2.75) is 38.1 Å². The fourth-order valence-electron chi connectivity index (χ4n) is 4.63. The maximum atomic E-state index is 13.4. The van der Waals surface area contributed by atoms with Crippen LogP contribution in [0.25, 0.3) is 0 Å². The summed E-state index contributed by atoms with van der Waals surface area (Å²) >= 11 is 0. The van der Waals surface area contributed by atoms with E-state index in [4.69, 9.17) is 9.47 Å². The number of benzene rings is 2. The highest BCUT2D eigenvalue weighted by Crippen LogP contribution is 2.48. The van der Waals surface area contributed by atoms with Crippen LogP contribution in [-0.2, 0) is 11.2 Å². The van der Waals surface area contributed by atoms with E-state index in [1.807, 2.05) is 41.3 Å². The molecule has 0 aromatic heterocycles. The van der Waals surface area contributed by atoms with Crippen molar-refractivity contribution in [3.8, 4) is 11.5 Å². The first-order valence-corrected chi connectivity index (χ1v) is 10.5. The molecule has 1 N–H and O–H groups in total. The molecule has 6 nitrogen and oxygen atoms in total. The first-order chi connectivity index (χ1) is 14.6. The van der Waals surface area contributed by atoms with Crippen LogP contribution in [0.15, 0.2) is 36.4 Å². The van der Waals surface area contributed by atoms with Crippen molar-refractivity contribution in [2.75, 3.05) is 27.3 Å². The number of unbranched alkanes of at least 4 members (excludes halogenated alkanes) is 1. The number of fused-ring (bicyclic) bond motifs is 4. The molecule has 0 saturated heterocycles. The van der Waals surface area contributed by atoms with E-state index >= 15 is 0 Å². The number of carbonyl (C=O) groups excluding carboxylic acids is 2. The Morgan fingerprint density at radius 3 is 2.60 bits per heavy atom. The van der Waals surface area contributed by atoms with Crippen molar-refractivity contribution in [3.05, 3.63) is 58.7 Å². The van der Waals surface area contributed by atoms with Crippen LogP contribution in [-0.4, -0.2) is 44.0 Å². The predicted molar refractivity (Wildman–Crippen MR) is 114 cm³/mol. The molecule has 0 fully saturated rings. The molecule has 2 atom stereocenters. The molecule has 0 bridgehead atoms. The van der Waals surface area contributed by atoms with Gasteiger partial charge in [0.25, 0.3) is 5.91 Å². The fourth-order valence-corrected chi connectivity index (χ4v) is 4.63. The Balaban J connectivity index is 1.85. The summed E-state index contributed by atoms with van der Waals surface area (Å²) in [5.41, 5.74) is 3.46. The molecule has 2 aromatic rings. The van der Waals surface area contributed by atoms with Gasteiger partial charge < -0.3 is 19.7 Å². The third-order valence-corrected chi connectivity index (χ3v) is 6.14. The normalized spacial score (nSPS) is 19.4. The molecule has 6 heteroatoms. The number of hydrogen-bond donors (Lipinski definition) is 1. The SMILES string of the molecule is CCCCNC(=O)[C@H]1c2ccccc2C(=O)N2CCc3cc(OC)c(OC)cc3[C@@H]12. The predicted octanol–water partition coefficient (Wildman–Crippen LogP) is 3.46. The Morgan fingerprint density at radius 2 is 1.87 bits per heavy atom. The van der Waals surface area contributed by atoms with E-state index in [0.29, 0.717) is 36.6 Å². The average molecular weight is 408 g/mol. The first-order valence-electron chi connectivity index (χ1n) is 10.5. The number of ether oxygens (including phenoxy) is 2. The maximum Gasteiger partial charge on any atom is 0.254 e. The van der Waals surface area contributed by atoms with Gasteiger partial charge in [0.2, 0.25) is 5.91 Å². The number of rotatable bonds is 6. The minimum atomic E-state index is -0.465. The number of carbonyl (C=O) groups is 2. The van der Waals surface area contributed by atoms with E-state index in [0.717, 1.165) is 29.5 Å². The van der Waals surface area contributed by atoms with E-state index < -0.39 is 5.92 Å². The summed E-state index contributed by atoms with van der Waals surface area (Å²) in [4.78, 5) is 28.5. The second-order valence-corrected chi connectivity index (χ2v) is 7.81. The van der Waals surface area contributed by atoms with Crippen molar-refractivity contribution in [3.63, 3.8) is 0 Å². The van der Waals surface area contributed by atoms with E-state index in [2.05, 4.69) is 12.2 Å². The third kappa shape index (κ3) is 3.30. The highest BCUT2D eigenvalue weighted by atomic mass is 16.5. The summed E-state index contributed by atoms with van der Waals surface area (Å²) in [6, 6.07) is 11.0. The zero-order valence-corrected chi connectivity index (χ0v) is 17.7. The monoisotopic (exact) mass is 408 g/mol. The number of methoxy groups -OCH3 is 2. The Hall–Kier alpha value is -3.02. The molecule has 30 heavy (non-hydrogen) atoms. The van der Waals surface area contributed by atoms with Gasteiger partial charge in [0.15, 0.2) is 11.5 Å². The van der Waals surface area contributed by atoms with Crippen LogP contribution in [0.3, 0.4) is 0 Å². The van der Waals surface area contributed by atoms with Crippen LogP contribution >= 0.6 is 0 Å². The van der Waals surface area contributed by atoms with Crippen LogP contribution in [0.1, 0.15) is 58.8 Å². The van der Waals surface area contributed by atoms with Crippen LogP contribution in [0, 0.1) is 0 Å². The zero-order valence-electron chi connectivity index (χ0n) is 17.7. The first kappa shape index (κ1) is 20.3. The van der Waals surface area contributed by atoms with E-state index in [1.54, 1.807) is 14.2 Å². The second-order valence-electron chi connectivity index (χ2n) is 7.81. The zero-order chi connectivity index (χ0) is 21.3. The van der Waals surface area contributed by atoms with Crippen LogP contribution in [0.2, 0.25) is 0 Å². The minimum Gasteiger partial charge on any atom is -0.493 e. The molecule has 0 saturated carbocycles. The third-order valence-electron chi connectivity index (χ3n) is 6.14. The Morgan fingerprint density at radius 1 is 1.13 bits per heavy atom. The Kier molecular flexibility index (Phi) is 5.66. The molecule has 4 rings (SSSR count). The highest BCUT2D eigenvalue weighted by molar-refractivity contribution is 6.01. The lowest BCUT2D eigenvalue weighted by atomic mass is 9.75. The summed E-state index contributed by atoms with van der Waals surface area (Å²) in [7, 11) is 3.21. The van der Waals surface area contributed by atoms with Crippen LogP contribution < -0.4 is 14.8 Å². The van der Waals surface area contributed by atoms with Gasteiger partial charge in [-0.05, 0) is 47.7 Å². The van der Waals surface area contributed by atoms with Gasteiger partial charge in [0, 0.05) is 18.7 Å². The molecular weight excluding hydrogens is 380 g/mol. The fraction of sp³-hybridized carbons (Fsp3) is 0.417. The molecule has 2 heterocycles. The Labute approximate surface area is 177 Å². The summed E-state index contributed by atoms with van der Waals surface area (Å²) in [5, 5.41) is 3.09. The molecule has 2 aliphatic rings. The summed E-state index contributed by atoms with van der Waals surface area (Å²) in [5.74, 6) is 0.744. The standard InChI is InChI=1S/C24H28N2O4/c1-4-5-11-25-23(27)21-16-8-6-7-9-17(16)24(28)26-12-10-15-13-19(29-2)20(30-3)14-18(15)22(21)26/h6-9,13-14,21-22H,4-5,10-12H2,1-3H3,(H,25,27)/t21-,22-/m0/s1. The molecule has 0 radical (unpaired) electrons. The van der Waals surface area contributed by atoms with Gasteiger partial charge in [0.1, 0.15) is 0 Å². The lowest BCUT2D eigenvalue weighted by Gasteiger charge is -2.45. The van der Waals surface area contributed by atoms with E-state index in [1.165, 1.54) is 0 Å². The van der Waals surface area contributed by atoms with Gasteiger partial charge in [-0.25, -0.2) is 0 Å². The Bertz CT molecular complexity index is 972. The minimum absolute atomic E-state index is 0.0198. The van der Waals surface area contributed by atoms with Gasteiger partial charge in [-0.15, -0.1) is 0 Å². The lowest BCUT2D eigenvalue weighted by Crippen LogP contribution is -2.50. The van der Waals surface area contributed by atoms with Crippen LogP contribution in [0.5, 0.6) is 11.5 Å². The van der Waals surface area contributed by atoms with Crippen LogP contribution in [0.4, 0.5) is 0 Å². The van der Waals surface area contributed by atoms with Gasteiger partial charge in [0.05, 0.1) is 26.2 Å². The molecule has 2 amide bonds. The average Bonchev–Trinajstić information content (AvgIpc) is 2.78. The topological polar surface area (TPSA) is 67.9 Å². The number of amides is 2. The largest absolute Gasteiger partial charge is 0.493 e. The molecule has 0 spiro atoms. The van der Waals surface area contributed by atoms with E-state index in [-0.39, 0.29) is 17.9 Å². The van der Waals surface area contributed by atoms with Gasteiger partial charge in [-0.2, -0.15) is 0 Å². The second kappa shape index (κ2) is 8.38. The van der Waals surface area contributed by atoms with Gasteiger partial charge in [-0.3, -0.25) is 9.59 Å². The molecule has 2 aliphatic heterocycles. The molecule has 0 unspecified atom stereocenters.